The zero-order valence-electron chi connectivity index (χ0n) is 8.66. The van der Waals surface area contributed by atoms with E-state index in [0.29, 0.717) is 13.0 Å². The minimum Gasteiger partial charge on any atom is -0.358 e. The van der Waals surface area contributed by atoms with Gasteiger partial charge in [-0.1, -0.05) is 23.7 Å². The predicted octanol–water partition coefficient (Wildman–Crippen LogP) is 1.39. The van der Waals surface area contributed by atoms with Crippen molar-refractivity contribution in [3.05, 3.63) is 34.9 Å². The maximum atomic E-state index is 10.3. The fraction of sp³-hybridized carbons (Fsp3) is 0.364. The number of hydrogen-bond donors (Lipinski definition) is 2. The van der Waals surface area contributed by atoms with Crippen molar-refractivity contribution in [2.24, 2.45) is 0 Å². The van der Waals surface area contributed by atoms with Crippen molar-refractivity contribution in [2.75, 3.05) is 20.1 Å². The van der Waals surface area contributed by atoms with Gasteiger partial charge in [-0.2, -0.15) is 0 Å². The van der Waals surface area contributed by atoms with E-state index in [4.69, 9.17) is 11.6 Å². The Kier molecular flexibility index (Phi) is 5.15. The highest BCUT2D eigenvalue weighted by molar-refractivity contribution is 6.30. The molecule has 0 spiro atoms. The molecule has 2 N–H and O–H groups in total. The Hall–Kier alpha value is -1.06. The van der Waals surface area contributed by atoms with E-state index in [1.54, 1.807) is 0 Å². The summed E-state index contributed by atoms with van der Waals surface area (Å²) in [6.45, 7) is 1.42. The first-order valence-electron chi connectivity index (χ1n) is 4.85. The number of likely N-dealkylation sites (N-methyl/N-ethyl adjacent to an activating group) is 1. The summed E-state index contributed by atoms with van der Waals surface area (Å²) in [4.78, 5) is 10.3. The van der Waals surface area contributed by atoms with E-state index in [2.05, 4.69) is 10.6 Å². The van der Waals surface area contributed by atoms with Crippen molar-refractivity contribution < 1.29 is 4.79 Å². The van der Waals surface area contributed by atoms with Crippen LogP contribution in [0.5, 0.6) is 0 Å². The Morgan fingerprint density at radius 3 is 2.87 bits per heavy atom. The fourth-order valence-electron chi connectivity index (χ4n) is 1.51. The van der Waals surface area contributed by atoms with Crippen LogP contribution in [-0.4, -0.2) is 26.5 Å². The van der Waals surface area contributed by atoms with Gasteiger partial charge in [0.1, 0.15) is 0 Å². The molecule has 82 valence electrons. The van der Waals surface area contributed by atoms with Gasteiger partial charge in [0.25, 0.3) is 0 Å². The molecule has 0 aliphatic heterocycles. The van der Waals surface area contributed by atoms with E-state index in [-0.39, 0.29) is 5.92 Å². The number of carbonyl (C=O) groups excluding carboxylic acids is 1. The van der Waals surface area contributed by atoms with E-state index in [1.807, 2.05) is 31.3 Å². The van der Waals surface area contributed by atoms with E-state index >= 15 is 0 Å². The molecule has 4 heteroatoms. The minimum absolute atomic E-state index is 0.249. The van der Waals surface area contributed by atoms with Crippen LogP contribution in [0.1, 0.15) is 11.5 Å². The third-order valence-corrected chi connectivity index (χ3v) is 2.45. The molecule has 0 fully saturated rings. The second-order valence-electron chi connectivity index (χ2n) is 3.34. The topological polar surface area (TPSA) is 41.1 Å². The number of rotatable bonds is 6. The van der Waals surface area contributed by atoms with Gasteiger partial charge in [-0.25, -0.2) is 0 Å². The summed E-state index contributed by atoms with van der Waals surface area (Å²) in [5, 5.41) is 6.51. The van der Waals surface area contributed by atoms with E-state index in [0.717, 1.165) is 17.1 Å². The van der Waals surface area contributed by atoms with E-state index < -0.39 is 0 Å². The summed E-state index contributed by atoms with van der Waals surface area (Å²) in [6.07, 6.45) is 0.715. The monoisotopic (exact) mass is 226 g/mol. The Bertz CT molecular complexity index is 317. The lowest BCUT2D eigenvalue weighted by atomic mass is 9.99. The van der Waals surface area contributed by atoms with Crippen molar-refractivity contribution >= 4 is 18.0 Å². The molecule has 0 aromatic heterocycles. The lowest BCUT2D eigenvalue weighted by Gasteiger charge is -2.16. The number of carbonyl (C=O) groups is 1. The molecule has 3 nitrogen and oxygen atoms in total. The molecule has 0 radical (unpaired) electrons. The van der Waals surface area contributed by atoms with Crippen LogP contribution >= 0.6 is 11.6 Å². The fourth-order valence-corrected chi connectivity index (χ4v) is 1.70. The van der Waals surface area contributed by atoms with Crippen molar-refractivity contribution in [3.63, 3.8) is 0 Å². The zero-order chi connectivity index (χ0) is 11.1. The quantitative estimate of drug-likeness (QED) is 0.720. The first kappa shape index (κ1) is 12.0. The highest BCUT2D eigenvalue weighted by Gasteiger charge is 2.10. The molecule has 1 atom stereocenters. The van der Waals surface area contributed by atoms with Crippen LogP contribution < -0.4 is 10.6 Å². The lowest BCUT2D eigenvalue weighted by Crippen LogP contribution is -2.27. The smallest absolute Gasteiger partial charge is 0.207 e. The van der Waals surface area contributed by atoms with Gasteiger partial charge in [-0.15, -0.1) is 0 Å². The van der Waals surface area contributed by atoms with Crippen LogP contribution in [0.15, 0.2) is 24.3 Å². The predicted molar refractivity (Wildman–Crippen MR) is 62.2 cm³/mol. The van der Waals surface area contributed by atoms with Gasteiger partial charge in [0.05, 0.1) is 0 Å². The average Bonchev–Trinajstić information content (AvgIpc) is 2.24. The Morgan fingerprint density at radius 1 is 1.47 bits per heavy atom. The molecular weight excluding hydrogens is 212 g/mol. The van der Waals surface area contributed by atoms with Crippen molar-refractivity contribution in [1.82, 2.24) is 10.6 Å². The van der Waals surface area contributed by atoms with Crippen LogP contribution in [0.2, 0.25) is 5.02 Å². The molecule has 0 heterocycles. The largest absolute Gasteiger partial charge is 0.358 e. The van der Waals surface area contributed by atoms with E-state index in [9.17, 15) is 4.79 Å². The molecule has 0 aliphatic carbocycles. The second-order valence-corrected chi connectivity index (χ2v) is 3.77. The highest BCUT2D eigenvalue weighted by atomic mass is 35.5. The molecule has 15 heavy (non-hydrogen) atoms. The maximum Gasteiger partial charge on any atom is 0.207 e. The Morgan fingerprint density at radius 2 is 2.27 bits per heavy atom. The SMILES string of the molecule is CNCC(CNC=O)c1cccc(Cl)c1. The Balaban J connectivity index is 2.73. The number of nitrogens with one attached hydrogen (secondary N) is 2. The molecule has 1 amide bonds. The standard InChI is InChI=1S/C11H15ClN2O/c1-13-6-10(7-14-8-15)9-3-2-4-11(12)5-9/h2-5,8,10,13H,6-7H2,1H3,(H,14,15). The third-order valence-electron chi connectivity index (χ3n) is 2.22. The zero-order valence-corrected chi connectivity index (χ0v) is 9.42. The van der Waals surface area contributed by atoms with Crippen LogP contribution in [0.3, 0.4) is 0 Å². The van der Waals surface area contributed by atoms with Crippen LogP contribution in [0, 0.1) is 0 Å². The van der Waals surface area contributed by atoms with Gasteiger partial charge in [0, 0.05) is 24.0 Å². The molecule has 1 rings (SSSR count). The molecular formula is C11H15ClN2O. The summed E-state index contributed by atoms with van der Waals surface area (Å²) in [6, 6.07) is 7.70. The number of amides is 1. The summed E-state index contributed by atoms with van der Waals surface area (Å²) in [5.41, 5.74) is 1.13. The molecule has 0 aliphatic rings. The number of hydrogen-bond acceptors (Lipinski definition) is 2. The van der Waals surface area contributed by atoms with Gasteiger partial charge in [-0.3, -0.25) is 4.79 Å². The van der Waals surface area contributed by atoms with Gasteiger partial charge in [0.15, 0.2) is 0 Å². The minimum atomic E-state index is 0.249. The van der Waals surface area contributed by atoms with Gasteiger partial charge in [-0.05, 0) is 24.7 Å². The van der Waals surface area contributed by atoms with Crippen molar-refractivity contribution in [3.8, 4) is 0 Å². The summed E-state index contributed by atoms with van der Waals surface area (Å²) < 4.78 is 0. The summed E-state index contributed by atoms with van der Waals surface area (Å²) >= 11 is 5.91. The normalized spacial score (nSPS) is 12.1. The third kappa shape index (κ3) is 3.90. The number of benzene rings is 1. The Labute approximate surface area is 94.8 Å². The molecule has 1 aromatic rings. The first-order valence-corrected chi connectivity index (χ1v) is 5.22. The van der Waals surface area contributed by atoms with Gasteiger partial charge < -0.3 is 10.6 Å². The van der Waals surface area contributed by atoms with Crippen molar-refractivity contribution in [2.45, 2.75) is 5.92 Å². The summed E-state index contributed by atoms with van der Waals surface area (Å²) in [5.74, 6) is 0.249. The lowest BCUT2D eigenvalue weighted by molar-refractivity contribution is -0.109. The first-order chi connectivity index (χ1) is 7.27. The van der Waals surface area contributed by atoms with Crippen LogP contribution in [-0.2, 0) is 4.79 Å². The molecule has 0 bridgehead atoms. The molecule has 0 saturated heterocycles. The van der Waals surface area contributed by atoms with Crippen molar-refractivity contribution in [1.29, 1.82) is 0 Å². The molecule has 0 saturated carbocycles. The van der Waals surface area contributed by atoms with Gasteiger partial charge in [0.2, 0.25) is 6.41 Å². The summed E-state index contributed by atoms with van der Waals surface area (Å²) in [7, 11) is 1.89. The molecule has 1 unspecified atom stereocenters. The second kappa shape index (κ2) is 6.43. The van der Waals surface area contributed by atoms with Crippen LogP contribution in [0.25, 0.3) is 0 Å². The van der Waals surface area contributed by atoms with Gasteiger partial charge >= 0.3 is 0 Å². The number of halogens is 1. The average molecular weight is 227 g/mol. The van der Waals surface area contributed by atoms with Crippen LogP contribution in [0.4, 0.5) is 0 Å². The molecule has 1 aromatic carbocycles. The van der Waals surface area contributed by atoms with E-state index in [1.165, 1.54) is 0 Å². The maximum absolute atomic E-state index is 10.3. The highest BCUT2D eigenvalue weighted by Crippen LogP contribution is 2.18.